The second-order valence-corrected chi connectivity index (χ2v) is 2.91. The van der Waals surface area contributed by atoms with Crippen molar-refractivity contribution >= 4 is 23.2 Å². The molecule has 0 bridgehead atoms. The summed E-state index contributed by atoms with van der Waals surface area (Å²) in [5.41, 5.74) is 8.40. The molecule has 1 rings (SSSR count). The Balaban J connectivity index is 2.53. The van der Waals surface area contributed by atoms with Crippen LogP contribution in [0.5, 0.6) is 0 Å². The van der Waals surface area contributed by atoms with Crippen molar-refractivity contribution in [2.24, 2.45) is 11.0 Å². The highest BCUT2D eigenvalue weighted by atomic mass is 32.1. The molecule has 0 saturated carbocycles. The lowest BCUT2D eigenvalue weighted by molar-refractivity contribution is 0.652. The Morgan fingerprint density at radius 2 is 2.27 bits per heavy atom. The van der Waals surface area contributed by atoms with E-state index in [0.29, 0.717) is 11.0 Å². The van der Waals surface area contributed by atoms with Crippen LogP contribution in [0.25, 0.3) is 0 Å². The van der Waals surface area contributed by atoms with Crippen LogP contribution in [0, 0.1) is 5.92 Å². The Bertz CT molecular complexity index is 189. The minimum absolute atomic E-state index is 0.429. The standard InChI is InChI=1S/C6H12N4S/c1-3-4(2)5-7-9-6(11)10-8-5/h4H,3H2,1-2H3,(H,7,8)(H2,9,10,11). The molecule has 0 aromatic carbocycles. The molecule has 0 fully saturated rings. The highest BCUT2D eigenvalue weighted by molar-refractivity contribution is 7.80. The van der Waals surface area contributed by atoms with Gasteiger partial charge in [-0.15, -0.1) is 0 Å². The van der Waals surface area contributed by atoms with E-state index in [1.165, 1.54) is 0 Å². The number of hydrazone groups is 1. The molecule has 1 atom stereocenters. The monoisotopic (exact) mass is 172 g/mol. The van der Waals surface area contributed by atoms with Crippen LogP contribution in [0.3, 0.4) is 0 Å². The molecular weight excluding hydrogens is 160 g/mol. The van der Waals surface area contributed by atoms with E-state index in [-0.39, 0.29) is 0 Å². The summed E-state index contributed by atoms with van der Waals surface area (Å²) in [6.45, 7) is 4.21. The zero-order chi connectivity index (χ0) is 8.27. The van der Waals surface area contributed by atoms with E-state index in [2.05, 4.69) is 35.2 Å². The number of rotatable bonds is 2. The number of hydrogen-bond donors (Lipinski definition) is 3. The Morgan fingerprint density at radius 3 is 2.73 bits per heavy atom. The van der Waals surface area contributed by atoms with E-state index in [1.807, 2.05) is 0 Å². The predicted molar refractivity (Wildman–Crippen MR) is 48.9 cm³/mol. The fourth-order valence-corrected chi connectivity index (χ4v) is 0.811. The second kappa shape index (κ2) is 3.52. The van der Waals surface area contributed by atoms with Crippen molar-refractivity contribution in [3.05, 3.63) is 0 Å². The third-order valence-corrected chi connectivity index (χ3v) is 1.85. The molecule has 0 spiro atoms. The number of nitrogens with one attached hydrogen (secondary N) is 3. The zero-order valence-corrected chi connectivity index (χ0v) is 7.46. The molecule has 11 heavy (non-hydrogen) atoms. The van der Waals surface area contributed by atoms with Crippen LogP contribution in [0.2, 0.25) is 0 Å². The van der Waals surface area contributed by atoms with E-state index in [1.54, 1.807) is 0 Å². The van der Waals surface area contributed by atoms with Gasteiger partial charge < -0.3 is 0 Å². The maximum Gasteiger partial charge on any atom is 0.205 e. The van der Waals surface area contributed by atoms with E-state index in [4.69, 9.17) is 12.2 Å². The van der Waals surface area contributed by atoms with Gasteiger partial charge >= 0.3 is 0 Å². The number of amidine groups is 1. The lowest BCUT2D eigenvalue weighted by Crippen LogP contribution is -2.52. The third-order valence-electron chi connectivity index (χ3n) is 1.66. The summed E-state index contributed by atoms with van der Waals surface area (Å²) in [6, 6.07) is 0. The molecule has 4 nitrogen and oxygen atoms in total. The van der Waals surface area contributed by atoms with Crippen molar-refractivity contribution in [2.45, 2.75) is 20.3 Å². The van der Waals surface area contributed by atoms with Crippen molar-refractivity contribution in [1.82, 2.24) is 16.3 Å². The second-order valence-electron chi connectivity index (χ2n) is 2.50. The molecule has 0 aliphatic carbocycles. The Hall–Kier alpha value is -0.840. The molecule has 0 saturated heterocycles. The van der Waals surface area contributed by atoms with E-state index in [9.17, 15) is 0 Å². The van der Waals surface area contributed by atoms with Gasteiger partial charge in [-0.3, -0.25) is 16.3 Å². The highest BCUT2D eigenvalue weighted by Crippen LogP contribution is 2.01. The van der Waals surface area contributed by atoms with E-state index >= 15 is 0 Å². The molecular formula is C6H12N4S. The number of hydrogen-bond acceptors (Lipinski definition) is 3. The molecule has 62 valence electrons. The fourth-order valence-electron chi connectivity index (χ4n) is 0.714. The number of hydrazine groups is 1. The van der Waals surface area contributed by atoms with Gasteiger partial charge in [-0.1, -0.05) is 13.8 Å². The van der Waals surface area contributed by atoms with Crippen molar-refractivity contribution in [2.75, 3.05) is 0 Å². The SMILES string of the molecule is CCC(C)C1=NNC(=S)NN1. The van der Waals surface area contributed by atoms with Crippen LogP contribution in [-0.4, -0.2) is 10.9 Å². The minimum Gasteiger partial charge on any atom is -0.284 e. The molecule has 1 aliphatic rings. The third kappa shape index (κ3) is 2.04. The van der Waals surface area contributed by atoms with Gasteiger partial charge in [0, 0.05) is 5.92 Å². The van der Waals surface area contributed by atoms with Gasteiger partial charge in [-0.05, 0) is 18.6 Å². The largest absolute Gasteiger partial charge is 0.284 e. The lowest BCUT2D eigenvalue weighted by atomic mass is 10.1. The molecule has 3 N–H and O–H groups in total. The van der Waals surface area contributed by atoms with Gasteiger partial charge in [0.2, 0.25) is 5.11 Å². The molecule has 0 aromatic rings. The molecule has 1 unspecified atom stereocenters. The highest BCUT2D eigenvalue weighted by Gasteiger charge is 2.11. The fraction of sp³-hybridized carbons (Fsp3) is 0.667. The number of nitrogens with zero attached hydrogens (tertiary/aromatic N) is 1. The first kappa shape index (κ1) is 8.26. The van der Waals surface area contributed by atoms with Gasteiger partial charge in [-0.25, -0.2) is 0 Å². The van der Waals surface area contributed by atoms with Gasteiger partial charge in [-0.2, -0.15) is 5.10 Å². The summed E-state index contributed by atoms with van der Waals surface area (Å²) in [5, 5.41) is 4.54. The van der Waals surface area contributed by atoms with Crippen LogP contribution in [0.15, 0.2) is 5.10 Å². The first-order valence-corrected chi connectivity index (χ1v) is 4.04. The summed E-state index contributed by atoms with van der Waals surface area (Å²) in [6.07, 6.45) is 1.06. The summed E-state index contributed by atoms with van der Waals surface area (Å²) in [5.74, 6) is 1.33. The lowest BCUT2D eigenvalue weighted by Gasteiger charge is -2.21. The normalized spacial score (nSPS) is 19.1. The van der Waals surface area contributed by atoms with Crippen molar-refractivity contribution in [3.63, 3.8) is 0 Å². The summed E-state index contributed by atoms with van der Waals surface area (Å²) >= 11 is 4.79. The van der Waals surface area contributed by atoms with Gasteiger partial charge in [0.25, 0.3) is 0 Å². The van der Waals surface area contributed by atoms with E-state index in [0.717, 1.165) is 12.3 Å². The predicted octanol–water partition coefficient (Wildman–Crippen LogP) is 0.328. The molecule has 1 heterocycles. The summed E-state index contributed by atoms with van der Waals surface area (Å²) in [4.78, 5) is 0. The summed E-state index contributed by atoms with van der Waals surface area (Å²) < 4.78 is 0. The van der Waals surface area contributed by atoms with Gasteiger partial charge in [0.1, 0.15) is 5.84 Å². The summed E-state index contributed by atoms with van der Waals surface area (Å²) in [7, 11) is 0. The van der Waals surface area contributed by atoms with Crippen LogP contribution < -0.4 is 16.3 Å². The minimum atomic E-state index is 0.429. The molecule has 0 aromatic heterocycles. The van der Waals surface area contributed by atoms with Crippen LogP contribution >= 0.6 is 12.2 Å². The molecule has 5 heteroatoms. The first-order chi connectivity index (χ1) is 5.24. The first-order valence-electron chi connectivity index (χ1n) is 3.63. The number of thiocarbonyl (C=S) groups is 1. The Morgan fingerprint density at radius 1 is 1.55 bits per heavy atom. The Kier molecular flexibility index (Phi) is 2.64. The molecule has 0 amide bonds. The average molecular weight is 172 g/mol. The van der Waals surface area contributed by atoms with Gasteiger partial charge in [0.15, 0.2) is 0 Å². The van der Waals surface area contributed by atoms with Gasteiger partial charge in [0.05, 0.1) is 0 Å². The maximum absolute atomic E-state index is 4.79. The van der Waals surface area contributed by atoms with E-state index < -0.39 is 0 Å². The average Bonchev–Trinajstić information content (AvgIpc) is 2.05. The van der Waals surface area contributed by atoms with Crippen LogP contribution in [0.4, 0.5) is 0 Å². The topological polar surface area (TPSA) is 48.5 Å². The zero-order valence-electron chi connectivity index (χ0n) is 6.64. The van der Waals surface area contributed by atoms with Crippen molar-refractivity contribution < 1.29 is 0 Å². The van der Waals surface area contributed by atoms with Crippen molar-refractivity contribution in [1.29, 1.82) is 0 Å². The molecule has 0 radical (unpaired) electrons. The van der Waals surface area contributed by atoms with Crippen molar-refractivity contribution in [3.8, 4) is 0 Å². The maximum atomic E-state index is 4.79. The smallest absolute Gasteiger partial charge is 0.205 e. The molecule has 1 aliphatic heterocycles. The quantitative estimate of drug-likeness (QED) is 0.525. The van der Waals surface area contributed by atoms with Crippen LogP contribution in [0.1, 0.15) is 20.3 Å². The Labute approximate surface area is 71.4 Å². The van der Waals surface area contributed by atoms with Crippen LogP contribution in [-0.2, 0) is 0 Å².